The molecule has 18 heavy (non-hydrogen) atoms. The smallest absolute Gasteiger partial charge is 0.185 e. The second kappa shape index (κ2) is 5.49. The van der Waals surface area contributed by atoms with Crippen molar-refractivity contribution in [3.05, 3.63) is 28.8 Å². The fraction of sp³-hybridized carbons (Fsp3) is 0.500. The molecule has 0 amide bonds. The molecule has 0 bridgehead atoms. The topological polar surface area (TPSA) is 46.0 Å². The van der Waals surface area contributed by atoms with Gasteiger partial charge >= 0.3 is 0 Å². The number of aromatic nitrogens is 3. The summed E-state index contributed by atoms with van der Waals surface area (Å²) in [6, 6.07) is 0. The summed E-state index contributed by atoms with van der Waals surface area (Å²) in [6.45, 7) is 3.70. The van der Waals surface area contributed by atoms with Crippen LogP contribution in [0.1, 0.15) is 16.4 Å². The number of anilines is 1. The summed E-state index contributed by atoms with van der Waals surface area (Å²) in [5.41, 5.74) is 1.11. The van der Waals surface area contributed by atoms with E-state index in [0.29, 0.717) is 0 Å². The minimum atomic E-state index is 0.773. The summed E-state index contributed by atoms with van der Waals surface area (Å²) >= 11 is 1.74. The molecule has 0 saturated carbocycles. The van der Waals surface area contributed by atoms with Crippen LogP contribution < -0.4 is 10.2 Å². The van der Waals surface area contributed by atoms with E-state index in [1.54, 1.807) is 11.3 Å². The molecule has 0 spiro atoms. The number of hydrogen-bond acceptors (Lipinski definition) is 5. The molecule has 0 saturated heterocycles. The van der Waals surface area contributed by atoms with Crippen LogP contribution in [0.4, 0.5) is 5.13 Å². The Bertz CT molecular complexity index is 516. The van der Waals surface area contributed by atoms with Gasteiger partial charge in [0.25, 0.3) is 0 Å². The molecule has 98 valence electrons. The average molecular weight is 265 g/mol. The van der Waals surface area contributed by atoms with Crippen molar-refractivity contribution in [2.45, 2.75) is 20.0 Å². The Morgan fingerprint density at radius 2 is 2.28 bits per heavy atom. The maximum atomic E-state index is 4.61. The Balaban J connectivity index is 2.11. The Morgan fingerprint density at radius 3 is 2.89 bits per heavy atom. The molecule has 2 rings (SSSR count). The molecule has 6 heteroatoms. The Morgan fingerprint density at radius 1 is 1.50 bits per heavy atom. The Labute approximate surface area is 111 Å². The molecule has 0 aliphatic heterocycles. The van der Waals surface area contributed by atoms with Gasteiger partial charge in [0.2, 0.25) is 0 Å². The van der Waals surface area contributed by atoms with Crippen molar-refractivity contribution in [1.29, 1.82) is 0 Å². The van der Waals surface area contributed by atoms with Gasteiger partial charge < -0.3 is 14.8 Å². The molecule has 0 radical (unpaired) electrons. The van der Waals surface area contributed by atoms with E-state index in [2.05, 4.69) is 34.2 Å². The van der Waals surface area contributed by atoms with Crippen LogP contribution in [-0.4, -0.2) is 28.6 Å². The summed E-state index contributed by atoms with van der Waals surface area (Å²) in [7, 11) is 6.02. The van der Waals surface area contributed by atoms with Crippen LogP contribution in [0.5, 0.6) is 0 Å². The van der Waals surface area contributed by atoms with Gasteiger partial charge in [0.05, 0.1) is 12.2 Å². The summed E-state index contributed by atoms with van der Waals surface area (Å²) in [5, 5.41) is 4.21. The van der Waals surface area contributed by atoms with E-state index in [9.17, 15) is 0 Å². The Kier molecular flexibility index (Phi) is 3.98. The lowest BCUT2D eigenvalue weighted by Gasteiger charge is -2.15. The highest BCUT2D eigenvalue weighted by Gasteiger charge is 2.12. The van der Waals surface area contributed by atoms with E-state index in [1.165, 1.54) is 4.88 Å². The third-order valence-corrected chi connectivity index (χ3v) is 4.12. The highest BCUT2D eigenvalue weighted by atomic mass is 32.1. The number of nitrogens with zero attached hydrogens (tertiary/aromatic N) is 4. The van der Waals surface area contributed by atoms with Gasteiger partial charge in [-0.05, 0) is 14.0 Å². The highest BCUT2D eigenvalue weighted by molar-refractivity contribution is 7.15. The predicted octanol–water partition coefficient (Wildman–Crippen LogP) is 1.54. The lowest BCUT2D eigenvalue weighted by molar-refractivity contribution is 0.759. The highest BCUT2D eigenvalue weighted by Crippen LogP contribution is 2.25. The first-order valence-electron chi connectivity index (χ1n) is 5.90. The molecule has 0 fully saturated rings. The molecule has 0 atom stereocenters. The van der Waals surface area contributed by atoms with E-state index in [-0.39, 0.29) is 0 Å². The van der Waals surface area contributed by atoms with Crippen molar-refractivity contribution in [2.24, 2.45) is 7.05 Å². The van der Waals surface area contributed by atoms with Crippen LogP contribution in [0.2, 0.25) is 0 Å². The number of thiazole rings is 1. The quantitative estimate of drug-likeness (QED) is 0.891. The minimum Gasteiger partial charge on any atom is -0.344 e. The Hall–Kier alpha value is -1.40. The number of nitrogens with one attached hydrogen (secondary N) is 1. The van der Waals surface area contributed by atoms with Gasteiger partial charge in [-0.2, -0.15) is 0 Å². The third-order valence-electron chi connectivity index (χ3n) is 2.84. The van der Waals surface area contributed by atoms with Crippen LogP contribution in [0.3, 0.4) is 0 Å². The standard InChI is InChI=1S/C12H19N5S/c1-9-10(7-13-2)18-12(15-9)17(4)8-11-14-5-6-16(11)3/h5-6,13H,7-8H2,1-4H3. The van der Waals surface area contributed by atoms with Crippen molar-refractivity contribution >= 4 is 16.5 Å². The van der Waals surface area contributed by atoms with Gasteiger partial charge in [0.1, 0.15) is 5.82 Å². The van der Waals surface area contributed by atoms with Gasteiger partial charge in [-0.3, -0.25) is 0 Å². The first-order valence-corrected chi connectivity index (χ1v) is 6.71. The van der Waals surface area contributed by atoms with Gasteiger partial charge in [-0.15, -0.1) is 11.3 Å². The van der Waals surface area contributed by atoms with Gasteiger partial charge in [0.15, 0.2) is 5.13 Å². The van der Waals surface area contributed by atoms with Crippen molar-refractivity contribution in [2.75, 3.05) is 19.0 Å². The van der Waals surface area contributed by atoms with Gasteiger partial charge in [0, 0.05) is 37.9 Å². The SMILES string of the molecule is CNCc1sc(N(C)Cc2nccn2C)nc1C. The molecule has 0 aliphatic rings. The fourth-order valence-corrected chi connectivity index (χ4v) is 2.76. The van der Waals surface area contributed by atoms with E-state index < -0.39 is 0 Å². The predicted molar refractivity (Wildman–Crippen MR) is 74.9 cm³/mol. The zero-order valence-corrected chi connectivity index (χ0v) is 12.1. The average Bonchev–Trinajstić information content (AvgIpc) is 2.88. The van der Waals surface area contributed by atoms with Crippen LogP contribution in [0.15, 0.2) is 12.4 Å². The molecule has 1 N–H and O–H groups in total. The van der Waals surface area contributed by atoms with Crippen LogP contribution in [0.25, 0.3) is 0 Å². The normalized spacial score (nSPS) is 10.9. The molecule has 2 aromatic heterocycles. The summed E-state index contributed by atoms with van der Waals surface area (Å²) < 4.78 is 2.03. The second-order valence-electron chi connectivity index (χ2n) is 4.35. The zero-order valence-electron chi connectivity index (χ0n) is 11.3. The van der Waals surface area contributed by atoms with Crippen molar-refractivity contribution in [1.82, 2.24) is 19.9 Å². The summed E-state index contributed by atoms with van der Waals surface area (Å²) in [6.07, 6.45) is 3.78. The lowest BCUT2D eigenvalue weighted by atomic mass is 10.4. The monoisotopic (exact) mass is 265 g/mol. The van der Waals surface area contributed by atoms with Crippen molar-refractivity contribution in [3.8, 4) is 0 Å². The van der Waals surface area contributed by atoms with Crippen LogP contribution in [0, 0.1) is 6.92 Å². The first-order chi connectivity index (χ1) is 8.61. The van der Waals surface area contributed by atoms with E-state index in [4.69, 9.17) is 0 Å². The van der Waals surface area contributed by atoms with E-state index >= 15 is 0 Å². The summed E-state index contributed by atoms with van der Waals surface area (Å²) in [5.74, 6) is 1.04. The largest absolute Gasteiger partial charge is 0.344 e. The minimum absolute atomic E-state index is 0.773. The molecule has 0 aliphatic carbocycles. The van der Waals surface area contributed by atoms with Crippen molar-refractivity contribution in [3.63, 3.8) is 0 Å². The van der Waals surface area contributed by atoms with Crippen molar-refractivity contribution < 1.29 is 0 Å². The number of imidazole rings is 1. The summed E-state index contributed by atoms with van der Waals surface area (Å²) in [4.78, 5) is 12.4. The van der Waals surface area contributed by atoms with Crippen LogP contribution >= 0.6 is 11.3 Å². The molecule has 0 unspecified atom stereocenters. The number of aryl methyl sites for hydroxylation is 2. The number of hydrogen-bond donors (Lipinski definition) is 1. The molecule has 0 aromatic carbocycles. The number of rotatable bonds is 5. The van der Waals surface area contributed by atoms with Crippen LogP contribution in [-0.2, 0) is 20.1 Å². The molecule has 2 aromatic rings. The second-order valence-corrected chi connectivity index (χ2v) is 5.41. The molecule has 5 nitrogen and oxygen atoms in total. The molecule has 2 heterocycles. The maximum absolute atomic E-state index is 4.61. The van der Waals surface area contributed by atoms with E-state index in [1.807, 2.05) is 31.1 Å². The van der Waals surface area contributed by atoms with Gasteiger partial charge in [-0.25, -0.2) is 9.97 Å². The van der Waals surface area contributed by atoms with Gasteiger partial charge in [-0.1, -0.05) is 0 Å². The first kappa shape index (κ1) is 13.0. The zero-order chi connectivity index (χ0) is 13.1. The maximum Gasteiger partial charge on any atom is 0.185 e. The third kappa shape index (κ3) is 2.70. The van der Waals surface area contributed by atoms with E-state index in [0.717, 1.165) is 29.7 Å². The lowest BCUT2D eigenvalue weighted by Crippen LogP contribution is -2.18. The molecular formula is C12H19N5S. The fourth-order valence-electron chi connectivity index (χ4n) is 1.73. The molecular weight excluding hydrogens is 246 g/mol.